The summed E-state index contributed by atoms with van der Waals surface area (Å²) in [7, 11) is 0. The van der Waals surface area contributed by atoms with Gasteiger partial charge in [-0.15, -0.1) is 0 Å². The van der Waals surface area contributed by atoms with Gasteiger partial charge in [0, 0.05) is 12.6 Å². The first-order valence-corrected chi connectivity index (χ1v) is 5.67. The highest BCUT2D eigenvalue weighted by Crippen LogP contribution is 2.18. The van der Waals surface area contributed by atoms with Gasteiger partial charge in [0.15, 0.2) is 0 Å². The van der Waals surface area contributed by atoms with Crippen LogP contribution in [0.4, 0.5) is 4.39 Å². The molecule has 1 fully saturated rings. The lowest BCUT2D eigenvalue weighted by atomic mass is 10.1. The number of benzene rings is 1. The van der Waals surface area contributed by atoms with E-state index in [-0.39, 0.29) is 17.4 Å². The van der Waals surface area contributed by atoms with E-state index in [0.29, 0.717) is 6.54 Å². The molecular weight excluding hydrogens is 223 g/mol. The Hall–Kier alpha value is -1.62. The molecule has 92 valence electrons. The van der Waals surface area contributed by atoms with Gasteiger partial charge < -0.3 is 15.7 Å². The van der Waals surface area contributed by atoms with E-state index in [1.165, 1.54) is 6.07 Å². The lowest BCUT2D eigenvalue weighted by Gasteiger charge is -2.23. The van der Waals surface area contributed by atoms with Crippen LogP contribution in [-0.2, 0) is 0 Å². The molecule has 0 radical (unpaired) electrons. The molecule has 4 nitrogen and oxygen atoms in total. The molecule has 1 heterocycles. The second-order valence-electron chi connectivity index (χ2n) is 4.18. The van der Waals surface area contributed by atoms with Gasteiger partial charge in [-0.1, -0.05) is 0 Å². The van der Waals surface area contributed by atoms with Crippen LogP contribution in [0.25, 0.3) is 0 Å². The monoisotopic (exact) mass is 238 g/mol. The molecule has 1 aliphatic rings. The summed E-state index contributed by atoms with van der Waals surface area (Å²) in [5.41, 5.74) is -0.0180. The predicted molar refractivity (Wildman–Crippen MR) is 61.4 cm³/mol. The van der Waals surface area contributed by atoms with Crippen molar-refractivity contribution in [2.75, 3.05) is 13.1 Å². The topological polar surface area (TPSA) is 61.4 Å². The van der Waals surface area contributed by atoms with Crippen LogP contribution in [0.5, 0.6) is 5.75 Å². The SMILES string of the molecule is O=C(N[C@@H]1CCCNC1)c1cc(F)ccc1O. The summed E-state index contributed by atoms with van der Waals surface area (Å²) in [5.74, 6) is -1.17. The number of aromatic hydroxyl groups is 1. The third-order valence-corrected chi connectivity index (χ3v) is 2.84. The van der Waals surface area contributed by atoms with Crippen LogP contribution < -0.4 is 10.6 Å². The summed E-state index contributed by atoms with van der Waals surface area (Å²) in [6.07, 6.45) is 1.90. The third-order valence-electron chi connectivity index (χ3n) is 2.84. The van der Waals surface area contributed by atoms with Gasteiger partial charge in [-0.3, -0.25) is 4.79 Å². The summed E-state index contributed by atoms with van der Waals surface area (Å²) in [6, 6.07) is 3.39. The van der Waals surface area contributed by atoms with E-state index >= 15 is 0 Å². The first-order chi connectivity index (χ1) is 8.16. The van der Waals surface area contributed by atoms with Crippen LogP contribution in [0.2, 0.25) is 0 Å². The fourth-order valence-corrected chi connectivity index (χ4v) is 1.93. The van der Waals surface area contributed by atoms with Crippen LogP contribution in [0.1, 0.15) is 23.2 Å². The summed E-state index contributed by atoms with van der Waals surface area (Å²) in [6.45, 7) is 1.67. The molecule has 1 amide bonds. The van der Waals surface area contributed by atoms with E-state index in [1.807, 2.05) is 0 Å². The normalized spacial score (nSPS) is 19.9. The van der Waals surface area contributed by atoms with Gasteiger partial charge in [-0.05, 0) is 37.6 Å². The van der Waals surface area contributed by atoms with Crippen molar-refractivity contribution in [2.24, 2.45) is 0 Å². The van der Waals surface area contributed by atoms with E-state index in [2.05, 4.69) is 10.6 Å². The van der Waals surface area contributed by atoms with Crippen molar-refractivity contribution in [2.45, 2.75) is 18.9 Å². The van der Waals surface area contributed by atoms with Gasteiger partial charge in [-0.2, -0.15) is 0 Å². The lowest BCUT2D eigenvalue weighted by Crippen LogP contribution is -2.45. The molecule has 0 aliphatic carbocycles. The number of piperidine rings is 1. The van der Waals surface area contributed by atoms with Gasteiger partial charge >= 0.3 is 0 Å². The predicted octanol–water partition coefficient (Wildman–Crippen LogP) is 1.01. The van der Waals surface area contributed by atoms with Crippen LogP contribution in [0.15, 0.2) is 18.2 Å². The molecule has 1 aromatic rings. The lowest BCUT2D eigenvalue weighted by molar-refractivity contribution is 0.0927. The largest absolute Gasteiger partial charge is 0.507 e. The van der Waals surface area contributed by atoms with Gasteiger partial charge in [-0.25, -0.2) is 4.39 Å². The maximum Gasteiger partial charge on any atom is 0.255 e. The highest BCUT2D eigenvalue weighted by Gasteiger charge is 2.18. The Labute approximate surface area is 98.8 Å². The number of phenolic OH excluding ortho intramolecular Hbond substituents is 1. The molecule has 1 aromatic carbocycles. The summed E-state index contributed by atoms with van der Waals surface area (Å²) in [4.78, 5) is 11.8. The number of carbonyl (C=O) groups excluding carboxylic acids is 1. The maximum atomic E-state index is 13.0. The average molecular weight is 238 g/mol. The van der Waals surface area contributed by atoms with Crippen LogP contribution in [0, 0.1) is 5.82 Å². The zero-order chi connectivity index (χ0) is 12.3. The average Bonchev–Trinajstić information content (AvgIpc) is 2.33. The molecule has 1 aliphatic heterocycles. The summed E-state index contributed by atoms with van der Waals surface area (Å²) in [5, 5.41) is 15.4. The van der Waals surface area contributed by atoms with Crippen molar-refractivity contribution in [3.63, 3.8) is 0 Å². The fourth-order valence-electron chi connectivity index (χ4n) is 1.93. The summed E-state index contributed by atoms with van der Waals surface area (Å²) < 4.78 is 13.0. The molecule has 2 rings (SSSR count). The number of phenols is 1. The van der Waals surface area contributed by atoms with Crippen molar-refractivity contribution in [1.82, 2.24) is 10.6 Å². The minimum atomic E-state index is -0.533. The maximum absolute atomic E-state index is 13.0. The number of rotatable bonds is 2. The van der Waals surface area contributed by atoms with E-state index < -0.39 is 11.7 Å². The standard InChI is InChI=1S/C12H15FN2O2/c13-8-3-4-11(16)10(6-8)12(17)15-9-2-1-5-14-7-9/h3-4,6,9,14,16H,1-2,5,7H2,(H,15,17)/t9-/m1/s1. The number of halogens is 1. The Bertz CT molecular complexity index is 417. The Morgan fingerprint density at radius 2 is 2.35 bits per heavy atom. The second kappa shape index (κ2) is 5.14. The van der Waals surface area contributed by atoms with Crippen molar-refractivity contribution < 1.29 is 14.3 Å². The molecule has 0 spiro atoms. The molecule has 0 unspecified atom stereocenters. The molecule has 17 heavy (non-hydrogen) atoms. The first kappa shape index (κ1) is 11.9. The zero-order valence-corrected chi connectivity index (χ0v) is 9.37. The quantitative estimate of drug-likeness (QED) is 0.720. The smallest absolute Gasteiger partial charge is 0.255 e. The minimum Gasteiger partial charge on any atom is -0.507 e. The van der Waals surface area contributed by atoms with Gasteiger partial charge in [0.2, 0.25) is 0 Å². The van der Waals surface area contributed by atoms with Crippen molar-refractivity contribution in [3.8, 4) is 5.75 Å². The van der Waals surface area contributed by atoms with Crippen LogP contribution >= 0.6 is 0 Å². The molecule has 1 saturated heterocycles. The number of hydrogen-bond acceptors (Lipinski definition) is 3. The fraction of sp³-hybridized carbons (Fsp3) is 0.417. The summed E-state index contributed by atoms with van der Waals surface area (Å²) >= 11 is 0. The van der Waals surface area contributed by atoms with E-state index in [9.17, 15) is 14.3 Å². The van der Waals surface area contributed by atoms with Crippen molar-refractivity contribution >= 4 is 5.91 Å². The van der Waals surface area contributed by atoms with E-state index in [1.54, 1.807) is 0 Å². The first-order valence-electron chi connectivity index (χ1n) is 5.67. The zero-order valence-electron chi connectivity index (χ0n) is 9.37. The molecule has 0 bridgehead atoms. The van der Waals surface area contributed by atoms with Gasteiger partial charge in [0.25, 0.3) is 5.91 Å². The molecule has 5 heteroatoms. The van der Waals surface area contributed by atoms with Crippen molar-refractivity contribution in [1.29, 1.82) is 0 Å². The van der Waals surface area contributed by atoms with Crippen LogP contribution in [-0.4, -0.2) is 30.1 Å². The van der Waals surface area contributed by atoms with E-state index in [4.69, 9.17) is 0 Å². The highest BCUT2D eigenvalue weighted by atomic mass is 19.1. The van der Waals surface area contributed by atoms with E-state index in [0.717, 1.165) is 31.5 Å². The van der Waals surface area contributed by atoms with Gasteiger partial charge in [0.05, 0.1) is 5.56 Å². The van der Waals surface area contributed by atoms with Crippen LogP contribution in [0.3, 0.4) is 0 Å². The number of amides is 1. The Balaban J connectivity index is 2.05. The molecule has 0 aromatic heterocycles. The molecule has 3 N–H and O–H groups in total. The molecule has 1 atom stereocenters. The number of hydrogen-bond donors (Lipinski definition) is 3. The van der Waals surface area contributed by atoms with Crippen molar-refractivity contribution in [3.05, 3.63) is 29.6 Å². The molecule has 0 saturated carbocycles. The Kier molecular flexibility index (Phi) is 3.58. The van der Waals surface area contributed by atoms with Gasteiger partial charge in [0.1, 0.15) is 11.6 Å². The number of nitrogens with one attached hydrogen (secondary N) is 2. The molecular formula is C12H15FN2O2. The second-order valence-corrected chi connectivity index (χ2v) is 4.18. The highest BCUT2D eigenvalue weighted by molar-refractivity contribution is 5.97. The Morgan fingerprint density at radius 1 is 1.53 bits per heavy atom. The number of carbonyl (C=O) groups is 1. The third kappa shape index (κ3) is 2.94. The minimum absolute atomic E-state index is 0.0180. The Morgan fingerprint density at radius 3 is 3.06 bits per heavy atom.